The topological polar surface area (TPSA) is 76.4 Å². The molecule has 20 heavy (non-hydrogen) atoms. The molecule has 0 saturated carbocycles. The fraction of sp³-hybridized carbons (Fsp3) is 0.429. The fourth-order valence-corrected chi connectivity index (χ4v) is 1.97. The lowest BCUT2D eigenvalue weighted by Crippen LogP contribution is -2.27. The lowest BCUT2D eigenvalue weighted by molar-refractivity contribution is 0.0922. The van der Waals surface area contributed by atoms with Gasteiger partial charge in [0.05, 0.1) is 30.6 Å². The number of carbonyl (C=O) groups excluding carboxylic acids is 1. The van der Waals surface area contributed by atoms with Gasteiger partial charge in [-0.1, -0.05) is 0 Å². The molecule has 6 nitrogen and oxygen atoms in total. The van der Waals surface area contributed by atoms with Gasteiger partial charge in [0.2, 0.25) is 0 Å². The van der Waals surface area contributed by atoms with Crippen molar-refractivity contribution in [3.05, 3.63) is 30.1 Å². The average Bonchev–Trinajstić information content (AvgIpc) is 2.86. The van der Waals surface area contributed by atoms with Crippen LogP contribution in [0.1, 0.15) is 17.3 Å². The minimum Gasteiger partial charge on any atom is -0.395 e. The molecule has 0 radical (unpaired) electrons. The van der Waals surface area contributed by atoms with Crippen LogP contribution in [0.25, 0.3) is 11.0 Å². The maximum Gasteiger partial charge on any atom is 0.251 e. The number of fused-ring (bicyclic) bond motifs is 1. The van der Waals surface area contributed by atoms with E-state index in [1.54, 1.807) is 18.5 Å². The van der Waals surface area contributed by atoms with Crippen LogP contribution in [-0.4, -0.2) is 46.9 Å². The monoisotopic (exact) mass is 277 g/mol. The maximum atomic E-state index is 11.9. The van der Waals surface area contributed by atoms with Gasteiger partial charge < -0.3 is 19.7 Å². The Morgan fingerprint density at radius 1 is 1.50 bits per heavy atom. The van der Waals surface area contributed by atoms with Crippen molar-refractivity contribution in [3.8, 4) is 0 Å². The largest absolute Gasteiger partial charge is 0.395 e. The highest BCUT2D eigenvalue weighted by Gasteiger charge is 2.08. The standard InChI is InChI=1S/C14H19N3O3/c1-2-20-8-5-15-14(19)11-3-4-13-12(9-11)16-10-17(13)6-7-18/h3-4,9-10,18H,2,5-8H2,1H3,(H,15,19). The van der Waals surface area contributed by atoms with Crippen molar-refractivity contribution in [1.29, 1.82) is 0 Å². The number of benzene rings is 1. The van der Waals surface area contributed by atoms with Crippen LogP contribution in [0.3, 0.4) is 0 Å². The molecule has 0 aliphatic rings. The molecule has 1 amide bonds. The Hall–Kier alpha value is -1.92. The summed E-state index contributed by atoms with van der Waals surface area (Å²) in [6.07, 6.45) is 1.66. The second-order valence-electron chi connectivity index (χ2n) is 4.32. The molecule has 2 N–H and O–H groups in total. The van der Waals surface area contributed by atoms with Crippen molar-refractivity contribution in [2.75, 3.05) is 26.4 Å². The second-order valence-corrected chi connectivity index (χ2v) is 4.32. The highest BCUT2D eigenvalue weighted by atomic mass is 16.5. The van der Waals surface area contributed by atoms with Crippen molar-refractivity contribution in [3.63, 3.8) is 0 Å². The third-order valence-electron chi connectivity index (χ3n) is 2.96. The van der Waals surface area contributed by atoms with Gasteiger partial charge in [0.15, 0.2) is 0 Å². The summed E-state index contributed by atoms with van der Waals surface area (Å²) in [7, 11) is 0. The second kappa shape index (κ2) is 7.02. The average molecular weight is 277 g/mol. The van der Waals surface area contributed by atoms with Crippen LogP contribution in [-0.2, 0) is 11.3 Å². The molecule has 0 saturated heterocycles. The van der Waals surface area contributed by atoms with Crippen molar-refractivity contribution >= 4 is 16.9 Å². The van der Waals surface area contributed by atoms with E-state index < -0.39 is 0 Å². The number of hydrogen-bond acceptors (Lipinski definition) is 4. The molecule has 0 bridgehead atoms. The maximum absolute atomic E-state index is 11.9. The lowest BCUT2D eigenvalue weighted by Gasteiger charge is -2.06. The zero-order chi connectivity index (χ0) is 14.4. The molecule has 0 atom stereocenters. The quantitative estimate of drug-likeness (QED) is 0.734. The van der Waals surface area contributed by atoms with E-state index in [2.05, 4.69) is 10.3 Å². The van der Waals surface area contributed by atoms with Crippen molar-refractivity contribution in [2.24, 2.45) is 0 Å². The van der Waals surface area contributed by atoms with E-state index in [4.69, 9.17) is 9.84 Å². The summed E-state index contributed by atoms with van der Waals surface area (Å²) in [5.41, 5.74) is 2.23. The minimum atomic E-state index is -0.136. The van der Waals surface area contributed by atoms with Crippen molar-refractivity contribution in [1.82, 2.24) is 14.9 Å². The predicted molar refractivity (Wildman–Crippen MR) is 75.6 cm³/mol. The van der Waals surface area contributed by atoms with Gasteiger partial charge in [0.25, 0.3) is 5.91 Å². The summed E-state index contributed by atoms with van der Waals surface area (Å²) in [6, 6.07) is 5.35. The molecule has 1 aromatic heterocycles. The van der Waals surface area contributed by atoms with E-state index in [0.717, 1.165) is 11.0 Å². The van der Waals surface area contributed by atoms with Gasteiger partial charge in [-0.05, 0) is 25.1 Å². The highest BCUT2D eigenvalue weighted by molar-refractivity contribution is 5.97. The van der Waals surface area contributed by atoms with Crippen molar-refractivity contribution in [2.45, 2.75) is 13.5 Å². The molecule has 0 unspecified atom stereocenters. The Balaban J connectivity index is 2.05. The van der Waals surface area contributed by atoms with Crippen LogP contribution in [0, 0.1) is 0 Å². The van der Waals surface area contributed by atoms with E-state index in [9.17, 15) is 4.79 Å². The van der Waals surface area contributed by atoms with Gasteiger partial charge in [-0.15, -0.1) is 0 Å². The smallest absolute Gasteiger partial charge is 0.251 e. The van der Waals surface area contributed by atoms with E-state index >= 15 is 0 Å². The van der Waals surface area contributed by atoms with Gasteiger partial charge in [0.1, 0.15) is 0 Å². The van der Waals surface area contributed by atoms with Crippen LogP contribution in [0.15, 0.2) is 24.5 Å². The number of ether oxygens (including phenoxy) is 1. The number of aromatic nitrogens is 2. The molecular formula is C14H19N3O3. The van der Waals surface area contributed by atoms with Gasteiger partial charge in [0, 0.05) is 25.3 Å². The first-order valence-corrected chi connectivity index (χ1v) is 6.68. The van der Waals surface area contributed by atoms with Crippen molar-refractivity contribution < 1.29 is 14.6 Å². The summed E-state index contributed by atoms with van der Waals surface area (Å²) in [5, 5.41) is 11.7. The Morgan fingerprint density at radius 2 is 2.35 bits per heavy atom. The van der Waals surface area contributed by atoms with E-state index in [1.807, 2.05) is 17.6 Å². The third-order valence-corrected chi connectivity index (χ3v) is 2.96. The molecule has 108 valence electrons. The van der Waals surface area contributed by atoms with E-state index in [-0.39, 0.29) is 12.5 Å². The first kappa shape index (κ1) is 14.5. The zero-order valence-corrected chi connectivity index (χ0v) is 11.5. The summed E-state index contributed by atoms with van der Waals surface area (Å²) < 4.78 is 7.02. The first-order valence-electron chi connectivity index (χ1n) is 6.68. The van der Waals surface area contributed by atoms with E-state index in [0.29, 0.717) is 31.9 Å². The number of rotatable bonds is 7. The Kier molecular flexibility index (Phi) is 5.09. The summed E-state index contributed by atoms with van der Waals surface area (Å²) in [5.74, 6) is -0.136. The fourth-order valence-electron chi connectivity index (χ4n) is 1.97. The molecule has 6 heteroatoms. The van der Waals surface area contributed by atoms with Gasteiger partial charge in [-0.2, -0.15) is 0 Å². The summed E-state index contributed by atoms with van der Waals surface area (Å²) in [6.45, 7) is 4.11. The summed E-state index contributed by atoms with van der Waals surface area (Å²) >= 11 is 0. The Morgan fingerprint density at radius 3 is 3.10 bits per heavy atom. The third kappa shape index (κ3) is 3.34. The summed E-state index contributed by atoms with van der Waals surface area (Å²) in [4.78, 5) is 16.2. The number of nitrogens with one attached hydrogen (secondary N) is 1. The Labute approximate surface area is 117 Å². The molecule has 0 aliphatic carbocycles. The normalized spacial score (nSPS) is 10.9. The number of carbonyl (C=O) groups is 1. The number of hydrogen-bond donors (Lipinski definition) is 2. The highest BCUT2D eigenvalue weighted by Crippen LogP contribution is 2.14. The molecular weight excluding hydrogens is 258 g/mol. The van der Waals surface area contributed by atoms with Gasteiger partial charge in [-0.25, -0.2) is 4.98 Å². The molecule has 0 fully saturated rings. The number of imidazole rings is 1. The van der Waals surface area contributed by atoms with Crippen LogP contribution >= 0.6 is 0 Å². The minimum absolute atomic E-state index is 0.0606. The molecule has 1 aromatic carbocycles. The number of amides is 1. The molecule has 2 rings (SSSR count). The number of aliphatic hydroxyl groups excluding tert-OH is 1. The van der Waals surface area contributed by atoms with Gasteiger partial charge >= 0.3 is 0 Å². The van der Waals surface area contributed by atoms with Crippen LogP contribution in [0.4, 0.5) is 0 Å². The zero-order valence-electron chi connectivity index (χ0n) is 11.5. The Bertz CT molecular complexity index is 580. The molecule has 1 heterocycles. The molecule has 0 spiro atoms. The molecule has 2 aromatic rings. The first-order chi connectivity index (χ1) is 9.76. The predicted octanol–water partition coefficient (Wildman–Crippen LogP) is 0.795. The van der Waals surface area contributed by atoms with Crippen LogP contribution in [0.2, 0.25) is 0 Å². The lowest BCUT2D eigenvalue weighted by atomic mass is 10.2. The SMILES string of the molecule is CCOCCNC(=O)c1ccc2c(c1)ncn2CCO. The number of nitrogens with zero attached hydrogens (tertiary/aromatic N) is 2. The molecule has 0 aliphatic heterocycles. The van der Waals surface area contributed by atoms with Gasteiger partial charge in [-0.3, -0.25) is 4.79 Å². The van der Waals surface area contributed by atoms with Crippen LogP contribution < -0.4 is 5.32 Å². The van der Waals surface area contributed by atoms with E-state index in [1.165, 1.54) is 0 Å². The van der Waals surface area contributed by atoms with Crippen LogP contribution in [0.5, 0.6) is 0 Å². The number of aliphatic hydroxyl groups is 1.